The van der Waals surface area contributed by atoms with E-state index < -0.39 is 5.82 Å². The van der Waals surface area contributed by atoms with Crippen molar-refractivity contribution in [3.05, 3.63) is 35.1 Å². The summed E-state index contributed by atoms with van der Waals surface area (Å²) in [5.41, 5.74) is 0.807. The number of benzene rings is 1. The third-order valence-electron chi connectivity index (χ3n) is 5.57. The summed E-state index contributed by atoms with van der Waals surface area (Å²) in [6, 6.07) is 6.42. The number of carbonyl (C=O) groups excluding carboxylic acids is 1. The fourth-order valence-corrected chi connectivity index (χ4v) is 3.82. The number of nitrogens with one attached hydrogen (secondary N) is 1. The van der Waals surface area contributed by atoms with Crippen LogP contribution in [-0.2, 0) is 11.3 Å². The SMILES string of the molecule is CN=C(NCc1ccc(C#N)cc1F)N1CCN(CC(=O)N2CCCCC2)CC1. The highest BCUT2D eigenvalue weighted by Gasteiger charge is 2.24. The maximum absolute atomic E-state index is 14.1. The molecule has 0 bridgehead atoms. The van der Waals surface area contributed by atoms with E-state index in [1.165, 1.54) is 12.5 Å². The molecule has 3 rings (SSSR count). The van der Waals surface area contributed by atoms with Gasteiger partial charge in [-0.2, -0.15) is 5.26 Å². The van der Waals surface area contributed by atoms with E-state index >= 15 is 0 Å². The molecular weight excluding hydrogens is 371 g/mol. The number of nitriles is 1. The summed E-state index contributed by atoms with van der Waals surface area (Å²) in [6.45, 7) is 5.69. The third-order valence-corrected chi connectivity index (χ3v) is 5.57. The van der Waals surface area contributed by atoms with Crippen LogP contribution >= 0.6 is 0 Å². The van der Waals surface area contributed by atoms with Gasteiger partial charge in [0, 0.05) is 58.4 Å². The van der Waals surface area contributed by atoms with E-state index in [-0.39, 0.29) is 5.91 Å². The maximum Gasteiger partial charge on any atom is 0.236 e. The van der Waals surface area contributed by atoms with Gasteiger partial charge in [0.15, 0.2) is 5.96 Å². The number of aliphatic imine (C=N–C) groups is 1. The van der Waals surface area contributed by atoms with Crippen molar-refractivity contribution in [2.45, 2.75) is 25.8 Å². The highest BCUT2D eigenvalue weighted by Crippen LogP contribution is 2.12. The number of hydrogen-bond donors (Lipinski definition) is 1. The van der Waals surface area contributed by atoms with E-state index in [1.54, 1.807) is 19.2 Å². The Hall–Kier alpha value is -2.66. The zero-order chi connectivity index (χ0) is 20.6. The zero-order valence-electron chi connectivity index (χ0n) is 17.0. The van der Waals surface area contributed by atoms with Gasteiger partial charge in [0.05, 0.1) is 18.2 Å². The molecule has 0 aliphatic carbocycles. The smallest absolute Gasteiger partial charge is 0.236 e. The second-order valence-corrected chi connectivity index (χ2v) is 7.52. The molecule has 2 heterocycles. The molecule has 0 spiro atoms. The predicted octanol–water partition coefficient (Wildman–Crippen LogP) is 1.40. The minimum absolute atomic E-state index is 0.233. The van der Waals surface area contributed by atoms with Gasteiger partial charge in [0.25, 0.3) is 0 Å². The Morgan fingerprint density at radius 1 is 1.14 bits per heavy atom. The van der Waals surface area contributed by atoms with Crippen LogP contribution in [0.1, 0.15) is 30.4 Å². The van der Waals surface area contributed by atoms with Crippen LogP contribution in [0.5, 0.6) is 0 Å². The molecule has 1 aromatic rings. The summed E-state index contributed by atoms with van der Waals surface area (Å²) in [5, 5.41) is 12.0. The van der Waals surface area contributed by atoms with E-state index in [0.717, 1.165) is 58.1 Å². The highest BCUT2D eigenvalue weighted by molar-refractivity contribution is 5.80. The van der Waals surface area contributed by atoms with Crippen molar-refractivity contribution >= 4 is 11.9 Å². The van der Waals surface area contributed by atoms with Crippen molar-refractivity contribution in [3.8, 4) is 6.07 Å². The zero-order valence-corrected chi connectivity index (χ0v) is 17.0. The molecule has 29 heavy (non-hydrogen) atoms. The van der Waals surface area contributed by atoms with Crippen molar-refractivity contribution in [2.24, 2.45) is 4.99 Å². The minimum atomic E-state index is -0.395. The lowest BCUT2D eigenvalue weighted by Gasteiger charge is -2.37. The Morgan fingerprint density at radius 2 is 1.86 bits per heavy atom. The van der Waals surface area contributed by atoms with Gasteiger partial charge in [0.2, 0.25) is 5.91 Å². The molecule has 8 heteroatoms. The van der Waals surface area contributed by atoms with E-state index in [4.69, 9.17) is 5.26 Å². The normalized spacial score (nSPS) is 18.4. The van der Waals surface area contributed by atoms with Crippen LogP contribution in [0.3, 0.4) is 0 Å². The standard InChI is InChI=1S/C21H29FN6O/c1-24-21(25-15-18-6-5-17(14-23)13-19(18)22)28-11-9-26(10-12-28)16-20(29)27-7-3-2-4-8-27/h5-6,13H,2-4,7-12,15-16H2,1H3,(H,24,25). The number of piperidine rings is 1. The summed E-state index contributed by atoms with van der Waals surface area (Å²) < 4.78 is 14.1. The van der Waals surface area contributed by atoms with Gasteiger partial charge in [0.1, 0.15) is 5.82 Å². The van der Waals surface area contributed by atoms with Gasteiger partial charge in [-0.3, -0.25) is 14.7 Å². The van der Waals surface area contributed by atoms with Gasteiger partial charge >= 0.3 is 0 Å². The molecule has 7 nitrogen and oxygen atoms in total. The predicted molar refractivity (Wildman–Crippen MR) is 110 cm³/mol. The van der Waals surface area contributed by atoms with E-state index in [1.807, 2.05) is 11.0 Å². The molecule has 0 aromatic heterocycles. The molecule has 0 saturated carbocycles. The lowest BCUT2D eigenvalue weighted by atomic mass is 10.1. The molecule has 2 fully saturated rings. The van der Waals surface area contributed by atoms with E-state index in [2.05, 4.69) is 20.1 Å². The van der Waals surface area contributed by atoms with Crippen LogP contribution in [0.15, 0.2) is 23.2 Å². The Balaban J connectivity index is 1.46. The number of likely N-dealkylation sites (tertiary alicyclic amines) is 1. The summed E-state index contributed by atoms with van der Waals surface area (Å²) >= 11 is 0. The first kappa shape index (κ1) is 21.1. The second kappa shape index (κ2) is 10.2. The summed E-state index contributed by atoms with van der Waals surface area (Å²) in [4.78, 5) is 23.1. The first-order valence-corrected chi connectivity index (χ1v) is 10.2. The van der Waals surface area contributed by atoms with Crippen LogP contribution in [0.25, 0.3) is 0 Å². The van der Waals surface area contributed by atoms with Crippen LogP contribution in [-0.4, -0.2) is 79.4 Å². The number of rotatable bonds is 4. The topological polar surface area (TPSA) is 75.0 Å². The lowest BCUT2D eigenvalue weighted by molar-refractivity contribution is -0.133. The number of guanidine groups is 1. The number of hydrogen-bond acceptors (Lipinski definition) is 4. The Bertz CT molecular complexity index is 776. The number of carbonyl (C=O) groups is 1. The van der Waals surface area contributed by atoms with Crippen molar-refractivity contribution in [3.63, 3.8) is 0 Å². The fourth-order valence-electron chi connectivity index (χ4n) is 3.82. The number of amides is 1. The summed E-state index contributed by atoms with van der Waals surface area (Å²) in [7, 11) is 1.71. The Kier molecular flexibility index (Phi) is 7.42. The first-order chi connectivity index (χ1) is 14.1. The monoisotopic (exact) mass is 400 g/mol. The molecule has 1 N–H and O–H groups in total. The van der Waals surface area contributed by atoms with Crippen LogP contribution < -0.4 is 5.32 Å². The first-order valence-electron chi connectivity index (χ1n) is 10.2. The fraction of sp³-hybridized carbons (Fsp3) is 0.571. The average Bonchev–Trinajstić information content (AvgIpc) is 2.76. The van der Waals surface area contributed by atoms with Crippen LogP contribution in [0.4, 0.5) is 4.39 Å². The minimum Gasteiger partial charge on any atom is -0.352 e. The molecule has 2 aliphatic rings. The molecule has 2 saturated heterocycles. The number of piperazine rings is 1. The summed E-state index contributed by atoms with van der Waals surface area (Å²) in [5.74, 6) is 0.556. The van der Waals surface area contributed by atoms with Gasteiger partial charge in [-0.25, -0.2) is 4.39 Å². The van der Waals surface area contributed by atoms with E-state index in [9.17, 15) is 9.18 Å². The highest BCUT2D eigenvalue weighted by atomic mass is 19.1. The average molecular weight is 401 g/mol. The molecule has 0 unspecified atom stereocenters. The Morgan fingerprint density at radius 3 is 2.48 bits per heavy atom. The molecule has 2 aliphatic heterocycles. The van der Waals surface area contributed by atoms with Crippen LogP contribution in [0.2, 0.25) is 0 Å². The number of halogens is 1. The van der Waals surface area contributed by atoms with Crippen LogP contribution in [0, 0.1) is 17.1 Å². The largest absolute Gasteiger partial charge is 0.352 e. The molecular formula is C21H29FN6O. The third kappa shape index (κ3) is 5.67. The lowest BCUT2D eigenvalue weighted by Crippen LogP contribution is -2.54. The maximum atomic E-state index is 14.1. The second-order valence-electron chi connectivity index (χ2n) is 7.52. The van der Waals surface area contributed by atoms with Gasteiger partial charge < -0.3 is 15.1 Å². The van der Waals surface area contributed by atoms with Crippen molar-refractivity contribution in [1.82, 2.24) is 20.0 Å². The molecule has 1 aromatic carbocycles. The number of nitrogens with zero attached hydrogens (tertiary/aromatic N) is 5. The molecule has 0 radical (unpaired) electrons. The Labute approximate surface area is 171 Å². The van der Waals surface area contributed by atoms with Gasteiger partial charge in [-0.15, -0.1) is 0 Å². The molecule has 1 amide bonds. The quantitative estimate of drug-likeness (QED) is 0.611. The van der Waals surface area contributed by atoms with Crippen molar-refractivity contribution in [2.75, 3.05) is 52.9 Å². The van der Waals surface area contributed by atoms with Gasteiger partial charge in [-0.05, 0) is 31.4 Å². The van der Waals surface area contributed by atoms with Crippen molar-refractivity contribution < 1.29 is 9.18 Å². The summed E-state index contributed by atoms with van der Waals surface area (Å²) in [6.07, 6.45) is 3.45. The van der Waals surface area contributed by atoms with Gasteiger partial charge in [-0.1, -0.05) is 6.07 Å². The molecule has 156 valence electrons. The van der Waals surface area contributed by atoms with Crippen molar-refractivity contribution in [1.29, 1.82) is 5.26 Å². The van der Waals surface area contributed by atoms with E-state index in [0.29, 0.717) is 24.2 Å². The molecule has 0 atom stereocenters.